The van der Waals surface area contributed by atoms with Gasteiger partial charge in [0.05, 0.1) is 11.4 Å². The lowest BCUT2D eigenvalue weighted by Crippen LogP contribution is -2.11. The Hall–Kier alpha value is -2.16. The van der Waals surface area contributed by atoms with Crippen molar-refractivity contribution in [3.63, 3.8) is 0 Å². The highest BCUT2D eigenvalue weighted by molar-refractivity contribution is 7.94. The highest BCUT2D eigenvalue weighted by atomic mass is 35.5. The Morgan fingerprint density at radius 1 is 1.17 bits per heavy atom. The van der Waals surface area contributed by atoms with E-state index in [0.29, 0.717) is 22.0 Å². The maximum atomic E-state index is 12.4. The third-order valence-electron chi connectivity index (χ3n) is 2.89. The van der Waals surface area contributed by atoms with Crippen LogP contribution in [-0.4, -0.2) is 18.6 Å². The van der Waals surface area contributed by atoms with Crippen LogP contribution in [0.2, 0.25) is 5.02 Å². The molecule has 118 valence electrons. The van der Waals surface area contributed by atoms with Crippen LogP contribution in [0, 0.1) is 0 Å². The van der Waals surface area contributed by atoms with Gasteiger partial charge in [0, 0.05) is 22.0 Å². The summed E-state index contributed by atoms with van der Waals surface area (Å²) in [5.74, 6) is 0. The summed E-state index contributed by atoms with van der Waals surface area (Å²) >= 11 is 6.91. The van der Waals surface area contributed by atoms with Crippen molar-refractivity contribution in [1.82, 2.24) is 10.2 Å². The fourth-order valence-electron chi connectivity index (χ4n) is 1.85. The van der Waals surface area contributed by atoms with Crippen molar-refractivity contribution in [2.75, 3.05) is 4.72 Å². The Labute approximate surface area is 140 Å². The van der Waals surface area contributed by atoms with Crippen LogP contribution in [0.5, 0.6) is 0 Å². The van der Waals surface area contributed by atoms with Gasteiger partial charge >= 0.3 is 0 Å². The van der Waals surface area contributed by atoms with Crippen LogP contribution in [0.1, 0.15) is 0 Å². The van der Waals surface area contributed by atoms with Gasteiger partial charge < -0.3 is 0 Å². The fraction of sp³-hybridized carbons (Fsp3) is 0. The van der Waals surface area contributed by atoms with Gasteiger partial charge in [-0.1, -0.05) is 17.7 Å². The Bertz CT molecular complexity index is 991. The first-order chi connectivity index (χ1) is 10.9. The summed E-state index contributed by atoms with van der Waals surface area (Å²) in [6, 6.07) is 10.8. The number of benzene rings is 1. The van der Waals surface area contributed by atoms with Gasteiger partial charge in [-0.25, -0.2) is 13.5 Å². The van der Waals surface area contributed by atoms with Crippen molar-refractivity contribution in [2.24, 2.45) is 0 Å². The Morgan fingerprint density at radius 2 is 2.00 bits per heavy atom. The molecule has 9 heteroatoms. The number of aromatic nitrogens is 2. The molecule has 0 aliphatic carbocycles. The van der Waals surface area contributed by atoms with Crippen LogP contribution in [0.15, 0.2) is 56.8 Å². The molecule has 2 N–H and O–H groups in total. The number of halogens is 1. The number of sulfonamides is 1. The van der Waals surface area contributed by atoms with Crippen LogP contribution in [0.4, 0.5) is 5.69 Å². The van der Waals surface area contributed by atoms with Crippen LogP contribution >= 0.6 is 22.9 Å². The van der Waals surface area contributed by atoms with E-state index in [9.17, 15) is 13.2 Å². The van der Waals surface area contributed by atoms with Gasteiger partial charge in [0.2, 0.25) is 0 Å². The lowest BCUT2D eigenvalue weighted by atomic mass is 10.2. The van der Waals surface area contributed by atoms with Crippen molar-refractivity contribution in [3.8, 4) is 11.3 Å². The number of anilines is 1. The highest BCUT2D eigenvalue weighted by Crippen LogP contribution is 2.28. The minimum Gasteiger partial charge on any atom is -0.279 e. The minimum atomic E-state index is -3.72. The Balaban J connectivity index is 1.89. The first-order valence-electron chi connectivity index (χ1n) is 6.37. The molecule has 0 spiro atoms. The predicted octanol–water partition coefficient (Wildman–Crippen LogP) is 2.95. The van der Waals surface area contributed by atoms with Crippen LogP contribution in [0.3, 0.4) is 0 Å². The average molecular weight is 368 g/mol. The van der Waals surface area contributed by atoms with Crippen molar-refractivity contribution in [2.45, 2.75) is 4.21 Å². The third-order valence-corrected chi connectivity index (χ3v) is 5.95. The summed E-state index contributed by atoms with van der Waals surface area (Å²) in [6.45, 7) is 0. The molecule has 0 fully saturated rings. The maximum Gasteiger partial charge on any atom is 0.271 e. The number of nitrogens with one attached hydrogen (secondary N) is 2. The van der Waals surface area contributed by atoms with E-state index in [2.05, 4.69) is 14.9 Å². The first kappa shape index (κ1) is 15.7. The van der Waals surface area contributed by atoms with E-state index >= 15 is 0 Å². The predicted molar refractivity (Wildman–Crippen MR) is 90.4 cm³/mol. The number of nitrogens with zero attached hydrogens (tertiary/aromatic N) is 1. The summed E-state index contributed by atoms with van der Waals surface area (Å²) in [6.07, 6.45) is 0. The summed E-state index contributed by atoms with van der Waals surface area (Å²) < 4.78 is 27.4. The summed E-state index contributed by atoms with van der Waals surface area (Å²) in [5.41, 5.74) is 1.16. The zero-order valence-electron chi connectivity index (χ0n) is 11.5. The number of rotatable bonds is 4. The summed E-state index contributed by atoms with van der Waals surface area (Å²) in [4.78, 5) is 11.0. The van der Waals surface area contributed by atoms with Gasteiger partial charge in [-0.3, -0.25) is 9.52 Å². The van der Waals surface area contributed by atoms with E-state index < -0.39 is 10.0 Å². The largest absolute Gasteiger partial charge is 0.279 e. The summed E-state index contributed by atoms with van der Waals surface area (Å²) in [7, 11) is -3.72. The van der Waals surface area contributed by atoms with Crippen LogP contribution in [-0.2, 0) is 10.0 Å². The molecule has 0 radical (unpaired) electrons. The van der Waals surface area contributed by atoms with Crippen LogP contribution < -0.4 is 10.3 Å². The van der Waals surface area contributed by atoms with Crippen molar-refractivity contribution in [3.05, 3.63) is 63.2 Å². The zero-order valence-corrected chi connectivity index (χ0v) is 13.9. The van der Waals surface area contributed by atoms with Gasteiger partial charge in [0.25, 0.3) is 15.6 Å². The standard InChI is InChI=1S/C14H10ClN3O3S2/c15-10-2-1-3-11(7-10)18-23(20,21)14-6-9(8-22-14)12-4-5-13(19)17-16-12/h1-8,18H,(H,17,19). The molecule has 0 amide bonds. The number of hydrogen-bond acceptors (Lipinski definition) is 5. The molecule has 0 bridgehead atoms. The SMILES string of the molecule is O=c1ccc(-c2csc(S(=O)(=O)Nc3cccc(Cl)c3)c2)n[nH]1. The molecule has 6 nitrogen and oxygen atoms in total. The molecule has 0 saturated carbocycles. The molecule has 0 atom stereocenters. The number of thiophene rings is 1. The zero-order chi connectivity index (χ0) is 16.4. The molecule has 0 unspecified atom stereocenters. The van der Waals surface area contributed by atoms with Crippen molar-refractivity contribution < 1.29 is 8.42 Å². The molecular weight excluding hydrogens is 358 g/mol. The molecule has 3 aromatic rings. The quantitative estimate of drug-likeness (QED) is 0.741. The second kappa shape index (κ2) is 6.15. The molecule has 2 heterocycles. The fourth-order valence-corrected chi connectivity index (χ4v) is 4.27. The molecule has 3 rings (SSSR count). The van der Waals surface area contributed by atoms with E-state index in [4.69, 9.17) is 11.6 Å². The smallest absolute Gasteiger partial charge is 0.271 e. The molecule has 1 aromatic carbocycles. The molecule has 0 aliphatic rings. The van der Waals surface area contributed by atoms with E-state index in [1.165, 1.54) is 24.3 Å². The summed E-state index contributed by atoms with van der Waals surface area (Å²) in [5, 5.41) is 8.29. The lowest BCUT2D eigenvalue weighted by Gasteiger charge is -2.06. The van der Waals surface area contributed by atoms with Crippen molar-refractivity contribution in [1.29, 1.82) is 0 Å². The van der Waals surface area contributed by atoms with Gasteiger partial charge in [-0.15, -0.1) is 11.3 Å². The highest BCUT2D eigenvalue weighted by Gasteiger charge is 2.18. The van der Waals surface area contributed by atoms with Gasteiger partial charge in [-0.05, 0) is 30.3 Å². The molecule has 0 aliphatic heterocycles. The monoisotopic (exact) mass is 367 g/mol. The minimum absolute atomic E-state index is 0.139. The third kappa shape index (κ3) is 3.61. The van der Waals surface area contributed by atoms with E-state index in [1.54, 1.807) is 23.6 Å². The number of H-pyrrole nitrogens is 1. The lowest BCUT2D eigenvalue weighted by molar-refractivity contribution is 0.603. The molecule has 2 aromatic heterocycles. The molecular formula is C14H10ClN3O3S2. The van der Waals surface area contributed by atoms with E-state index in [0.717, 1.165) is 11.3 Å². The van der Waals surface area contributed by atoms with Gasteiger partial charge in [-0.2, -0.15) is 5.10 Å². The molecule has 0 saturated heterocycles. The number of hydrogen-bond donors (Lipinski definition) is 2. The Kier molecular flexibility index (Phi) is 4.20. The van der Waals surface area contributed by atoms with E-state index in [-0.39, 0.29) is 9.77 Å². The van der Waals surface area contributed by atoms with Crippen molar-refractivity contribution >= 4 is 38.6 Å². The first-order valence-corrected chi connectivity index (χ1v) is 9.11. The van der Waals surface area contributed by atoms with Gasteiger partial charge in [0.1, 0.15) is 4.21 Å². The maximum absolute atomic E-state index is 12.4. The van der Waals surface area contributed by atoms with Gasteiger partial charge in [0.15, 0.2) is 0 Å². The Morgan fingerprint density at radius 3 is 2.70 bits per heavy atom. The number of aromatic amines is 1. The molecule has 23 heavy (non-hydrogen) atoms. The average Bonchev–Trinajstić information content (AvgIpc) is 2.98. The second-order valence-electron chi connectivity index (χ2n) is 4.58. The normalized spacial score (nSPS) is 11.3. The second-order valence-corrected chi connectivity index (χ2v) is 7.83. The van der Waals surface area contributed by atoms with E-state index in [1.807, 2.05) is 0 Å². The topological polar surface area (TPSA) is 91.9 Å². The van der Waals surface area contributed by atoms with Crippen LogP contribution in [0.25, 0.3) is 11.3 Å².